The van der Waals surface area contributed by atoms with Crippen LogP contribution in [0.25, 0.3) is 11.3 Å². The highest BCUT2D eigenvalue weighted by Crippen LogP contribution is 2.36. The minimum absolute atomic E-state index is 0.332. The number of nitrogens with one attached hydrogen (secondary N) is 1. The maximum Gasteiger partial charge on any atom is 0.234 e. The van der Waals surface area contributed by atoms with Crippen molar-refractivity contribution in [2.24, 2.45) is 0 Å². The van der Waals surface area contributed by atoms with Crippen LogP contribution in [0.3, 0.4) is 0 Å². The Balaban J connectivity index is 1.69. The average Bonchev–Trinajstić information content (AvgIpc) is 3.23. The molecule has 3 aromatic rings. The number of benzene rings is 2. The van der Waals surface area contributed by atoms with E-state index in [1.165, 1.54) is 5.56 Å². The molecule has 2 aromatic carbocycles. The highest BCUT2D eigenvalue weighted by atomic mass is 35.5. The van der Waals surface area contributed by atoms with Gasteiger partial charge in [-0.15, -0.1) is 0 Å². The lowest BCUT2D eigenvalue weighted by molar-refractivity contribution is 0.193. The van der Waals surface area contributed by atoms with E-state index >= 15 is 0 Å². The van der Waals surface area contributed by atoms with E-state index in [2.05, 4.69) is 37.6 Å². The van der Waals surface area contributed by atoms with Crippen LogP contribution in [0.5, 0.6) is 11.6 Å². The van der Waals surface area contributed by atoms with E-state index in [0.29, 0.717) is 16.9 Å². The summed E-state index contributed by atoms with van der Waals surface area (Å²) in [6.45, 7) is 7.76. The first-order chi connectivity index (χ1) is 14.5. The van der Waals surface area contributed by atoms with Crippen molar-refractivity contribution in [2.75, 3.05) is 13.2 Å². The smallest absolute Gasteiger partial charge is 0.234 e. The Morgan fingerprint density at radius 2 is 1.90 bits per heavy atom. The summed E-state index contributed by atoms with van der Waals surface area (Å²) in [5.41, 5.74) is 5.18. The predicted molar refractivity (Wildman–Crippen MR) is 124 cm³/mol. The van der Waals surface area contributed by atoms with Gasteiger partial charge in [0.1, 0.15) is 5.75 Å². The predicted octanol–water partition coefficient (Wildman–Crippen LogP) is 6.51. The second kappa shape index (κ2) is 9.40. The fourth-order valence-electron chi connectivity index (χ4n) is 3.59. The molecular weight excluding hydrogens is 416 g/mol. The molecular formula is C24H25ClN2O2S. The van der Waals surface area contributed by atoms with E-state index in [1.54, 1.807) is 11.9 Å². The van der Waals surface area contributed by atoms with Gasteiger partial charge >= 0.3 is 0 Å². The quantitative estimate of drug-likeness (QED) is 0.443. The van der Waals surface area contributed by atoms with Crippen molar-refractivity contribution in [3.8, 4) is 22.9 Å². The molecule has 6 heteroatoms. The molecule has 1 unspecified atom stereocenters. The molecule has 1 aromatic heterocycles. The Labute approximate surface area is 187 Å². The summed E-state index contributed by atoms with van der Waals surface area (Å²) in [6.07, 6.45) is 1.01. The van der Waals surface area contributed by atoms with Gasteiger partial charge in [0.25, 0.3) is 0 Å². The van der Waals surface area contributed by atoms with Crippen LogP contribution in [0.4, 0.5) is 0 Å². The molecule has 4 rings (SSSR count). The molecule has 1 N–H and O–H groups in total. The van der Waals surface area contributed by atoms with Gasteiger partial charge in [-0.25, -0.2) is 4.98 Å². The number of halogens is 1. The average molecular weight is 441 g/mol. The van der Waals surface area contributed by atoms with Crippen molar-refractivity contribution in [3.63, 3.8) is 0 Å². The number of pyridine rings is 1. The number of hydrogen-bond donors (Lipinski definition) is 1. The molecule has 1 fully saturated rings. The Kier molecular flexibility index (Phi) is 6.64. The van der Waals surface area contributed by atoms with Crippen molar-refractivity contribution in [2.45, 2.75) is 38.1 Å². The number of hydrogen-bond acceptors (Lipinski definition) is 5. The van der Waals surface area contributed by atoms with Gasteiger partial charge < -0.3 is 9.47 Å². The van der Waals surface area contributed by atoms with Crippen LogP contribution in [0.2, 0.25) is 5.02 Å². The van der Waals surface area contributed by atoms with Gasteiger partial charge in [0.05, 0.1) is 17.2 Å². The Bertz CT molecular complexity index is 1030. The first-order valence-electron chi connectivity index (χ1n) is 10.0. The monoisotopic (exact) mass is 440 g/mol. The third-order valence-corrected chi connectivity index (χ3v) is 6.23. The van der Waals surface area contributed by atoms with Crippen molar-refractivity contribution in [1.29, 1.82) is 0 Å². The maximum atomic E-state index is 6.40. The first-order valence-corrected chi connectivity index (χ1v) is 11.2. The lowest BCUT2D eigenvalue weighted by Gasteiger charge is -2.17. The van der Waals surface area contributed by atoms with Crippen molar-refractivity contribution >= 4 is 23.5 Å². The highest BCUT2D eigenvalue weighted by molar-refractivity contribution is 7.97. The van der Waals surface area contributed by atoms with Gasteiger partial charge in [0.2, 0.25) is 5.88 Å². The van der Waals surface area contributed by atoms with Crippen LogP contribution in [0.1, 0.15) is 23.1 Å². The summed E-state index contributed by atoms with van der Waals surface area (Å²) >= 11 is 7.73. The minimum Gasteiger partial charge on any atom is -0.437 e. The molecule has 0 radical (unpaired) electrons. The fraction of sp³-hybridized carbons (Fsp3) is 0.292. The van der Waals surface area contributed by atoms with Crippen LogP contribution in [-0.2, 0) is 4.74 Å². The number of aromatic nitrogens is 1. The Hall–Kier alpha value is -2.05. The second-order valence-electron chi connectivity index (χ2n) is 7.62. The molecule has 2 heterocycles. The minimum atomic E-state index is 0.332. The van der Waals surface area contributed by atoms with E-state index in [1.807, 2.05) is 36.4 Å². The molecule has 156 valence electrons. The van der Waals surface area contributed by atoms with Crippen LogP contribution >= 0.6 is 23.5 Å². The molecule has 1 aliphatic heterocycles. The van der Waals surface area contributed by atoms with Crippen molar-refractivity contribution in [3.05, 3.63) is 70.2 Å². The number of ether oxygens (including phenoxy) is 2. The lowest BCUT2D eigenvalue weighted by atomic mass is 10.1. The van der Waals surface area contributed by atoms with Crippen LogP contribution in [0, 0.1) is 20.8 Å². The maximum absolute atomic E-state index is 6.40. The van der Waals surface area contributed by atoms with Crippen LogP contribution in [0.15, 0.2) is 53.4 Å². The SMILES string of the molecule is Cc1cc(C)c(Oc2nc(-c3cccc(Cl)c3)ccc2SNC2CCOC2)c(C)c1. The molecule has 1 atom stereocenters. The van der Waals surface area contributed by atoms with E-state index in [0.717, 1.165) is 52.7 Å². The van der Waals surface area contributed by atoms with E-state index in [9.17, 15) is 0 Å². The fourth-order valence-corrected chi connectivity index (χ4v) is 4.57. The lowest BCUT2D eigenvalue weighted by Crippen LogP contribution is -2.22. The van der Waals surface area contributed by atoms with E-state index < -0.39 is 0 Å². The Morgan fingerprint density at radius 1 is 1.10 bits per heavy atom. The summed E-state index contributed by atoms with van der Waals surface area (Å²) in [7, 11) is 0. The number of aryl methyl sites for hydroxylation is 3. The third kappa shape index (κ3) is 4.98. The molecule has 0 amide bonds. The zero-order chi connectivity index (χ0) is 21.1. The molecule has 0 aliphatic carbocycles. The van der Waals surface area contributed by atoms with Gasteiger partial charge in [-0.2, -0.15) is 0 Å². The zero-order valence-electron chi connectivity index (χ0n) is 17.4. The third-order valence-electron chi connectivity index (χ3n) is 5.01. The van der Waals surface area contributed by atoms with Gasteiger partial charge in [0, 0.05) is 23.2 Å². The highest BCUT2D eigenvalue weighted by Gasteiger charge is 2.18. The number of rotatable bonds is 6. The van der Waals surface area contributed by atoms with Crippen molar-refractivity contribution in [1.82, 2.24) is 9.71 Å². The second-order valence-corrected chi connectivity index (χ2v) is 8.94. The van der Waals surface area contributed by atoms with Crippen molar-refractivity contribution < 1.29 is 9.47 Å². The van der Waals surface area contributed by atoms with E-state index in [-0.39, 0.29) is 0 Å². The number of nitrogens with zero attached hydrogens (tertiary/aromatic N) is 1. The summed E-state index contributed by atoms with van der Waals surface area (Å²) in [6, 6.07) is 16.3. The van der Waals surface area contributed by atoms with Gasteiger partial charge in [-0.1, -0.05) is 41.4 Å². The zero-order valence-corrected chi connectivity index (χ0v) is 18.9. The van der Waals surface area contributed by atoms with Crippen LogP contribution < -0.4 is 9.46 Å². The largest absolute Gasteiger partial charge is 0.437 e. The normalized spacial score (nSPS) is 16.1. The molecule has 30 heavy (non-hydrogen) atoms. The summed E-state index contributed by atoms with van der Waals surface area (Å²) in [5, 5.41) is 0.684. The molecule has 1 saturated heterocycles. The first kappa shape index (κ1) is 21.2. The van der Waals surface area contributed by atoms with Gasteiger partial charge in [-0.3, -0.25) is 4.72 Å². The van der Waals surface area contributed by atoms with Crippen LogP contribution in [-0.4, -0.2) is 24.2 Å². The molecule has 0 bridgehead atoms. The summed E-state index contributed by atoms with van der Waals surface area (Å²) in [4.78, 5) is 5.79. The summed E-state index contributed by atoms with van der Waals surface area (Å²) < 4.78 is 15.3. The molecule has 0 spiro atoms. The molecule has 4 nitrogen and oxygen atoms in total. The molecule has 0 saturated carbocycles. The standard InChI is InChI=1S/C24H25ClN2O2S/c1-15-11-16(2)23(17(3)12-15)29-24-22(30-27-20-9-10-28-14-20)8-7-21(26-24)18-5-4-6-19(25)13-18/h4-8,11-13,20,27H,9-10,14H2,1-3H3. The Morgan fingerprint density at radius 3 is 2.60 bits per heavy atom. The van der Waals surface area contributed by atoms with Gasteiger partial charge in [0.15, 0.2) is 0 Å². The van der Waals surface area contributed by atoms with E-state index in [4.69, 9.17) is 26.1 Å². The molecule has 1 aliphatic rings. The topological polar surface area (TPSA) is 43.4 Å². The van der Waals surface area contributed by atoms with Gasteiger partial charge in [-0.05, 0) is 74.5 Å². The summed E-state index contributed by atoms with van der Waals surface area (Å²) in [5.74, 6) is 1.43.